The number of carbonyl (C=O) groups excluding carboxylic acids is 4. The number of amides is 4. The standard InChI is InChI=1S/C35H31N5O5S2/c41-31(26-5-1-17-39(26)34(43)29-7-3-19-46-29)37-24-13-9-22(10-14-24)28-21-36-33(45-28)23-11-15-25(16-12-23)38-32(42)27-6-2-18-40(27)35(44)30-8-4-20-47-30/h3-4,7-16,19-21,26-27H,1-2,5-6,17-18H2,(H,37,41)(H,38,42). The zero-order chi connectivity index (χ0) is 32.3. The lowest BCUT2D eigenvalue weighted by atomic mass is 10.1. The molecule has 5 heterocycles. The van der Waals surface area contributed by atoms with Gasteiger partial charge in [-0.3, -0.25) is 19.2 Å². The number of aromatic nitrogens is 1. The number of carbonyl (C=O) groups is 4. The predicted octanol–water partition coefficient (Wildman–Crippen LogP) is 6.62. The van der Waals surface area contributed by atoms with E-state index < -0.39 is 12.1 Å². The minimum absolute atomic E-state index is 0.105. The quantitative estimate of drug-likeness (QED) is 0.192. The summed E-state index contributed by atoms with van der Waals surface area (Å²) in [5.74, 6) is 0.378. The number of rotatable bonds is 8. The maximum absolute atomic E-state index is 13.1. The lowest BCUT2D eigenvalue weighted by Gasteiger charge is -2.23. The Labute approximate surface area is 279 Å². The second-order valence-corrected chi connectivity index (χ2v) is 13.3. The first kappa shape index (κ1) is 30.6. The third-order valence-corrected chi connectivity index (χ3v) is 10.2. The van der Waals surface area contributed by atoms with E-state index in [0.29, 0.717) is 58.7 Å². The van der Waals surface area contributed by atoms with Crippen molar-refractivity contribution in [2.45, 2.75) is 37.8 Å². The molecule has 47 heavy (non-hydrogen) atoms. The number of oxazole rings is 1. The molecular formula is C35H31N5O5S2. The number of nitrogens with one attached hydrogen (secondary N) is 2. The molecular weight excluding hydrogens is 635 g/mol. The van der Waals surface area contributed by atoms with Gasteiger partial charge in [-0.05, 0) is 97.1 Å². The molecule has 10 nitrogen and oxygen atoms in total. The van der Waals surface area contributed by atoms with Crippen LogP contribution in [-0.2, 0) is 9.59 Å². The van der Waals surface area contributed by atoms with Crippen molar-refractivity contribution in [1.82, 2.24) is 14.8 Å². The van der Waals surface area contributed by atoms with E-state index in [1.165, 1.54) is 22.7 Å². The molecule has 0 spiro atoms. The van der Waals surface area contributed by atoms with Gasteiger partial charge in [0, 0.05) is 35.6 Å². The van der Waals surface area contributed by atoms with Crippen LogP contribution in [0.2, 0.25) is 0 Å². The molecule has 238 valence electrons. The highest BCUT2D eigenvalue weighted by Crippen LogP contribution is 2.29. The first-order valence-corrected chi connectivity index (χ1v) is 17.2. The molecule has 7 rings (SSSR count). The van der Waals surface area contributed by atoms with Gasteiger partial charge >= 0.3 is 0 Å². The van der Waals surface area contributed by atoms with E-state index in [4.69, 9.17) is 4.42 Å². The van der Waals surface area contributed by atoms with E-state index in [2.05, 4.69) is 15.6 Å². The summed E-state index contributed by atoms with van der Waals surface area (Å²) in [6.07, 6.45) is 4.48. The molecule has 0 radical (unpaired) electrons. The number of thiophene rings is 2. The monoisotopic (exact) mass is 665 g/mol. The van der Waals surface area contributed by atoms with Crippen LogP contribution >= 0.6 is 22.7 Å². The van der Waals surface area contributed by atoms with Crippen molar-refractivity contribution >= 4 is 57.7 Å². The Morgan fingerprint density at radius 2 is 1.17 bits per heavy atom. The van der Waals surface area contributed by atoms with E-state index in [0.717, 1.165) is 24.0 Å². The van der Waals surface area contributed by atoms with Crippen LogP contribution in [0.15, 0.2) is 94.2 Å². The Balaban J connectivity index is 0.954. The molecule has 0 saturated carbocycles. The largest absolute Gasteiger partial charge is 0.436 e. The molecule has 3 aromatic heterocycles. The van der Waals surface area contributed by atoms with E-state index in [1.54, 1.807) is 52.4 Å². The third kappa shape index (κ3) is 6.47. The van der Waals surface area contributed by atoms with Crippen LogP contribution in [-0.4, -0.2) is 63.6 Å². The van der Waals surface area contributed by atoms with Crippen LogP contribution in [0.1, 0.15) is 45.0 Å². The van der Waals surface area contributed by atoms with Crippen LogP contribution in [0, 0.1) is 0 Å². The third-order valence-electron chi connectivity index (χ3n) is 8.44. The zero-order valence-electron chi connectivity index (χ0n) is 25.3. The summed E-state index contributed by atoms with van der Waals surface area (Å²) in [5.41, 5.74) is 2.78. The summed E-state index contributed by atoms with van der Waals surface area (Å²) in [7, 11) is 0. The number of hydrogen-bond acceptors (Lipinski definition) is 8. The molecule has 2 aliphatic rings. The summed E-state index contributed by atoms with van der Waals surface area (Å²) in [6.45, 7) is 1.13. The fourth-order valence-corrected chi connectivity index (χ4v) is 7.41. The van der Waals surface area contributed by atoms with E-state index in [-0.39, 0.29) is 23.6 Å². The Kier molecular flexibility index (Phi) is 8.68. The lowest BCUT2D eigenvalue weighted by Crippen LogP contribution is -2.42. The van der Waals surface area contributed by atoms with Crippen LogP contribution in [0.3, 0.4) is 0 Å². The molecule has 2 fully saturated rings. The summed E-state index contributed by atoms with van der Waals surface area (Å²) >= 11 is 2.76. The van der Waals surface area contributed by atoms with Gasteiger partial charge in [0.1, 0.15) is 12.1 Å². The highest BCUT2D eigenvalue weighted by atomic mass is 32.1. The molecule has 4 amide bonds. The molecule has 2 aliphatic heterocycles. The lowest BCUT2D eigenvalue weighted by molar-refractivity contribution is -0.120. The van der Waals surface area contributed by atoms with Crippen LogP contribution in [0.5, 0.6) is 0 Å². The van der Waals surface area contributed by atoms with Gasteiger partial charge in [-0.15, -0.1) is 22.7 Å². The first-order chi connectivity index (χ1) is 22.9. The molecule has 0 bridgehead atoms. The van der Waals surface area contributed by atoms with Gasteiger partial charge in [0.25, 0.3) is 11.8 Å². The smallest absolute Gasteiger partial charge is 0.264 e. The molecule has 0 aliphatic carbocycles. The summed E-state index contributed by atoms with van der Waals surface area (Å²) < 4.78 is 6.04. The minimum Gasteiger partial charge on any atom is -0.436 e. The number of likely N-dealkylation sites (tertiary alicyclic amines) is 2. The molecule has 2 atom stereocenters. The Bertz CT molecular complexity index is 1750. The average molecular weight is 666 g/mol. The van der Waals surface area contributed by atoms with Gasteiger partial charge in [-0.25, -0.2) is 4.98 Å². The number of nitrogens with zero attached hydrogens (tertiary/aromatic N) is 3. The van der Waals surface area contributed by atoms with Crippen LogP contribution < -0.4 is 10.6 Å². The van der Waals surface area contributed by atoms with Gasteiger partial charge in [-0.1, -0.05) is 12.1 Å². The minimum atomic E-state index is -0.503. The molecule has 12 heteroatoms. The molecule has 5 aromatic rings. The van der Waals surface area contributed by atoms with Crippen LogP contribution in [0.4, 0.5) is 11.4 Å². The fourth-order valence-electron chi connectivity index (χ4n) is 6.05. The van der Waals surface area contributed by atoms with Crippen molar-refractivity contribution in [2.24, 2.45) is 0 Å². The molecule has 2 unspecified atom stereocenters. The van der Waals surface area contributed by atoms with Gasteiger partial charge in [0.05, 0.1) is 16.0 Å². The highest BCUT2D eigenvalue weighted by molar-refractivity contribution is 7.12. The van der Waals surface area contributed by atoms with Gasteiger partial charge in [0.2, 0.25) is 17.7 Å². The molecule has 2 saturated heterocycles. The zero-order valence-corrected chi connectivity index (χ0v) is 26.9. The highest BCUT2D eigenvalue weighted by Gasteiger charge is 2.36. The fraction of sp³-hybridized carbons (Fsp3) is 0.229. The van der Waals surface area contributed by atoms with Crippen molar-refractivity contribution in [3.05, 3.63) is 99.5 Å². The first-order valence-electron chi connectivity index (χ1n) is 15.4. The van der Waals surface area contributed by atoms with Gasteiger partial charge in [-0.2, -0.15) is 0 Å². The topological polar surface area (TPSA) is 125 Å². The van der Waals surface area contributed by atoms with Crippen molar-refractivity contribution in [3.8, 4) is 22.8 Å². The Morgan fingerprint density at radius 3 is 1.64 bits per heavy atom. The van der Waals surface area contributed by atoms with Crippen molar-refractivity contribution in [2.75, 3.05) is 23.7 Å². The van der Waals surface area contributed by atoms with Crippen molar-refractivity contribution < 1.29 is 23.6 Å². The van der Waals surface area contributed by atoms with E-state index in [9.17, 15) is 19.2 Å². The second kappa shape index (κ2) is 13.3. The number of hydrogen-bond donors (Lipinski definition) is 2. The maximum Gasteiger partial charge on any atom is 0.264 e. The Hall–Kier alpha value is -5.07. The van der Waals surface area contributed by atoms with Crippen molar-refractivity contribution in [1.29, 1.82) is 0 Å². The predicted molar refractivity (Wildman–Crippen MR) is 181 cm³/mol. The SMILES string of the molecule is O=C(Nc1ccc(-c2cnc(-c3ccc(NC(=O)C4CCCN4C(=O)c4cccs4)cc3)o2)cc1)C1CCCN1C(=O)c1cccs1. The average Bonchev–Trinajstić information content (AvgIpc) is 3.93. The van der Waals surface area contributed by atoms with E-state index in [1.807, 2.05) is 47.2 Å². The van der Waals surface area contributed by atoms with Crippen molar-refractivity contribution in [3.63, 3.8) is 0 Å². The van der Waals surface area contributed by atoms with Gasteiger partial charge in [0.15, 0.2) is 5.76 Å². The van der Waals surface area contributed by atoms with E-state index >= 15 is 0 Å². The van der Waals surface area contributed by atoms with Crippen LogP contribution in [0.25, 0.3) is 22.8 Å². The number of benzene rings is 2. The second-order valence-electron chi connectivity index (χ2n) is 11.4. The summed E-state index contributed by atoms with van der Waals surface area (Å²) in [6, 6.07) is 20.7. The number of anilines is 2. The molecule has 2 aromatic carbocycles. The normalized spacial score (nSPS) is 17.5. The molecule has 2 N–H and O–H groups in total. The summed E-state index contributed by atoms with van der Waals surface area (Å²) in [4.78, 5) is 60.9. The maximum atomic E-state index is 13.1. The van der Waals surface area contributed by atoms with Gasteiger partial charge < -0.3 is 24.9 Å². The summed E-state index contributed by atoms with van der Waals surface area (Å²) in [5, 5.41) is 9.61. The Morgan fingerprint density at radius 1 is 0.681 bits per heavy atom.